The minimum absolute atomic E-state index is 0.642. The van der Waals surface area contributed by atoms with Crippen LogP contribution in [-0.4, -0.2) is 0 Å². The van der Waals surface area contributed by atoms with Gasteiger partial charge in [0.1, 0.15) is 0 Å². The van der Waals surface area contributed by atoms with Crippen LogP contribution >= 0.6 is 11.8 Å². The number of hydrogen-bond donors (Lipinski definition) is 0. The Kier molecular flexibility index (Phi) is 3.01. The van der Waals surface area contributed by atoms with E-state index in [9.17, 15) is 0 Å². The molecule has 0 saturated carbocycles. The summed E-state index contributed by atoms with van der Waals surface area (Å²) in [4.78, 5) is 2.91. The molecule has 0 unspecified atom stereocenters. The van der Waals surface area contributed by atoms with Gasteiger partial charge < -0.3 is 0 Å². The van der Waals surface area contributed by atoms with E-state index in [0.29, 0.717) is 5.92 Å². The summed E-state index contributed by atoms with van der Waals surface area (Å²) < 4.78 is 0. The molecule has 0 N–H and O–H groups in total. The highest BCUT2D eigenvalue weighted by Gasteiger charge is 2.27. The van der Waals surface area contributed by atoms with Gasteiger partial charge in [0.15, 0.2) is 0 Å². The molecule has 0 fully saturated rings. The van der Waals surface area contributed by atoms with Crippen LogP contribution < -0.4 is 0 Å². The van der Waals surface area contributed by atoms with Crippen molar-refractivity contribution in [1.29, 1.82) is 0 Å². The van der Waals surface area contributed by atoms with Gasteiger partial charge in [0.25, 0.3) is 0 Å². The number of hydrogen-bond acceptors (Lipinski definition) is 1. The monoisotopic (exact) mass is 216 g/mol. The SMILES string of the molecule is C=C/C=C\C1=C(C)[C@@H]2CC=C(C)C=C2S1. The van der Waals surface area contributed by atoms with Crippen LogP contribution in [0.25, 0.3) is 0 Å². The maximum absolute atomic E-state index is 3.71. The van der Waals surface area contributed by atoms with Crippen LogP contribution in [0.1, 0.15) is 20.3 Å². The quantitative estimate of drug-likeness (QED) is 0.608. The summed E-state index contributed by atoms with van der Waals surface area (Å²) >= 11 is 1.91. The fourth-order valence-corrected chi connectivity index (χ4v) is 3.36. The third-order valence-corrected chi connectivity index (χ3v) is 4.23. The molecule has 1 aliphatic carbocycles. The summed E-state index contributed by atoms with van der Waals surface area (Å²) in [6.07, 6.45) is 11.8. The molecule has 0 nitrogen and oxygen atoms in total. The molecule has 1 heteroatoms. The molecule has 0 radical (unpaired) electrons. The Hall–Kier alpha value is -0.950. The van der Waals surface area contributed by atoms with Crippen molar-refractivity contribution in [2.75, 3.05) is 0 Å². The summed E-state index contributed by atoms with van der Waals surface area (Å²) in [5.74, 6) is 0.642. The van der Waals surface area contributed by atoms with Gasteiger partial charge in [-0.25, -0.2) is 0 Å². The fourth-order valence-electron chi connectivity index (χ4n) is 1.99. The first-order valence-corrected chi connectivity index (χ1v) is 6.10. The molecule has 0 aromatic heterocycles. The van der Waals surface area contributed by atoms with Crippen LogP contribution in [-0.2, 0) is 0 Å². The van der Waals surface area contributed by atoms with Gasteiger partial charge in [-0.15, -0.1) is 0 Å². The second kappa shape index (κ2) is 4.28. The van der Waals surface area contributed by atoms with E-state index < -0.39 is 0 Å². The zero-order valence-electron chi connectivity index (χ0n) is 9.29. The van der Waals surface area contributed by atoms with Gasteiger partial charge in [0.2, 0.25) is 0 Å². The number of thioether (sulfide) groups is 1. The van der Waals surface area contributed by atoms with Crippen molar-refractivity contribution >= 4 is 11.8 Å². The van der Waals surface area contributed by atoms with Crippen LogP contribution in [0.5, 0.6) is 0 Å². The molecule has 15 heavy (non-hydrogen) atoms. The highest BCUT2D eigenvalue weighted by Crippen LogP contribution is 2.49. The summed E-state index contributed by atoms with van der Waals surface area (Å²) in [5.41, 5.74) is 2.91. The lowest BCUT2D eigenvalue weighted by Gasteiger charge is -2.15. The largest absolute Gasteiger partial charge is 0.0991 e. The first-order chi connectivity index (χ1) is 7.22. The molecular formula is C14H16S. The normalized spacial score (nSPS) is 25.3. The standard InChI is InChI=1S/C14H16S/c1-4-5-6-13-11(3)12-8-7-10(2)9-14(12)15-13/h4-7,9,12H,1,8H2,2-3H3/b6-5-/t12-/m0/s1. The second-order valence-corrected chi connectivity index (χ2v) is 5.14. The van der Waals surface area contributed by atoms with Crippen molar-refractivity contribution in [3.63, 3.8) is 0 Å². The molecule has 2 aliphatic rings. The summed E-state index contributed by atoms with van der Waals surface area (Å²) in [6.45, 7) is 8.13. The van der Waals surface area contributed by atoms with Crippen LogP contribution in [0.4, 0.5) is 0 Å². The topological polar surface area (TPSA) is 0 Å². The van der Waals surface area contributed by atoms with Crippen LogP contribution in [0.15, 0.2) is 57.9 Å². The second-order valence-electron chi connectivity index (χ2n) is 4.03. The number of allylic oxidation sites excluding steroid dienone is 8. The Balaban J connectivity index is 2.25. The van der Waals surface area contributed by atoms with Gasteiger partial charge in [0, 0.05) is 10.8 Å². The average molecular weight is 216 g/mol. The van der Waals surface area contributed by atoms with E-state index >= 15 is 0 Å². The van der Waals surface area contributed by atoms with Crippen molar-refractivity contribution in [2.24, 2.45) is 5.92 Å². The van der Waals surface area contributed by atoms with Crippen LogP contribution in [0.2, 0.25) is 0 Å². The third-order valence-electron chi connectivity index (χ3n) is 2.91. The lowest BCUT2D eigenvalue weighted by atomic mass is 9.91. The van der Waals surface area contributed by atoms with Crippen molar-refractivity contribution in [2.45, 2.75) is 20.3 Å². The van der Waals surface area contributed by atoms with Crippen LogP contribution in [0, 0.1) is 5.92 Å². The molecule has 0 aromatic carbocycles. The highest BCUT2D eigenvalue weighted by atomic mass is 32.2. The van der Waals surface area contributed by atoms with Gasteiger partial charge in [-0.3, -0.25) is 0 Å². The molecule has 1 heterocycles. The van der Waals surface area contributed by atoms with Gasteiger partial charge in [-0.2, -0.15) is 0 Å². The van der Waals surface area contributed by atoms with Gasteiger partial charge in [0.05, 0.1) is 0 Å². The predicted molar refractivity (Wildman–Crippen MR) is 69.6 cm³/mol. The van der Waals surface area contributed by atoms with E-state index in [2.05, 4.69) is 38.7 Å². The Morgan fingerprint density at radius 3 is 3.00 bits per heavy atom. The lowest BCUT2D eigenvalue weighted by Crippen LogP contribution is -2.01. The maximum Gasteiger partial charge on any atom is 0.0158 e. The van der Waals surface area contributed by atoms with E-state index in [1.54, 1.807) is 0 Å². The first kappa shape index (κ1) is 10.6. The molecule has 0 bridgehead atoms. The zero-order valence-corrected chi connectivity index (χ0v) is 10.1. The average Bonchev–Trinajstić information content (AvgIpc) is 2.52. The summed E-state index contributed by atoms with van der Waals surface area (Å²) in [5, 5.41) is 0. The smallest absolute Gasteiger partial charge is 0.0158 e. The van der Waals surface area contributed by atoms with Crippen molar-refractivity contribution in [3.8, 4) is 0 Å². The maximum atomic E-state index is 3.71. The molecule has 1 aliphatic heterocycles. The Labute approximate surface area is 96.1 Å². The van der Waals surface area contributed by atoms with E-state index in [4.69, 9.17) is 0 Å². The number of rotatable bonds is 2. The van der Waals surface area contributed by atoms with E-state index in [1.807, 2.05) is 23.9 Å². The van der Waals surface area contributed by atoms with Crippen LogP contribution in [0.3, 0.4) is 0 Å². The molecule has 0 saturated heterocycles. The first-order valence-electron chi connectivity index (χ1n) is 5.28. The van der Waals surface area contributed by atoms with Crippen molar-refractivity contribution in [3.05, 3.63) is 57.9 Å². The zero-order chi connectivity index (χ0) is 10.8. The Bertz CT molecular complexity index is 405. The van der Waals surface area contributed by atoms with E-state index in [-0.39, 0.29) is 0 Å². The van der Waals surface area contributed by atoms with E-state index in [1.165, 1.54) is 27.4 Å². The lowest BCUT2D eigenvalue weighted by molar-refractivity contribution is 0.756. The van der Waals surface area contributed by atoms with E-state index in [0.717, 1.165) is 0 Å². The molecule has 1 atom stereocenters. The van der Waals surface area contributed by atoms with Gasteiger partial charge >= 0.3 is 0 Å². The fraction of sp³-hybridized carbons (Fsp3) is 0.286. The van der Waals surface area contributed by atoms with Crippen molar-refractivity contribution in [1.82, 2.24) is 0 Å². The minimum atomic E-state index is 0.642. The molecule has 0 amide bonds. The molecule has 0 aromatic rings. The predicted octanol–water partition coefficient (Wildman–Crippen LogP) is 4.60. The van der Waals surface area contributed by atoms with Crippen molar-refractivity contribution < 1.29 is 0 Å². The van der Waals surface area contributed by atoms with Gasteiger partial charge in [-0.05, 0) is 37.3 Å². The summed E-state index contributed by atoms with van der Waals surface area (Å²) in [7, 11) is 0. The minimum Gasteiger partial charge on any atom is -0.0991 e. The van der Waals surface area contributed by atoms with Gasteiger partial charge in [-0.1, -0.05) is 47.7 Å². The Morgan fingerprint density at radius 1 is 1.47 bits per heavy atom. The molecule has 0 spiro atoms. The molecule has 78 valence electrons. The molecular weight excluding hydrogens is 200 g/mol. The third kappa shape index (κ3) is 2.03. The molecule has 2 rings (SSSR count). The number of fused-ring (bicyclic) bond motifs is 1. The highest BCUT2D eigenvalue weighted by molar-refractivity contribution is 8.07. The Morgan fingerprint density at radius 2 is 2.27 bits per heavy atom. The summed E-state index contributed by atoms with van der Waals surface area (Å²) in [6, 6.07) is 0.